The summed E-state index contributed by atoms with van der Waals surface area (Å²) < 4.78 is 17.9. The van der Waals surface area contributed by atoms with Gasteiger partial charge in [0.1, 0.15) is 11.9 Å². The summed E-state index contributed by atoms with van der Waals surface area (Å²) in [6.45, 7) is 4.05. The van der Waals surface area contributed by atoms with Gasteiger partial charge >= 0.3 is 5.97 Å². The first-order chi connectivity index (χ1) is 8.62. The van der Waals surface area contributed by atoms with Crippen LogP contribution in [0.15, 0.2) is 24.3 Å². The average Bonchev–Trinajstić information content (AvgIpc) is 2.38. The van der Waals surface area contributed by atoms with Gasteiger partial charge in [0.05, 0.1) is 7.11 Å². The van der Waals surface area contributed by atoms with Crippen LogP contribution in [0.5, 0.6) is 0 Å². The van der Waals surface area contributed by atoms with E-state index in [2.05, 4.69) is 5.32 Å². The maximum Gasteiger partial charge on any atom is 0.328 e. The van der Waals surface area contributed by atoms with Gasteiger partial charge in [0.2, 0.25) is 0 Å². The Labute approximate surface area is 107 Å². The molecule has 18 heavy (non-hydrogen) atoms. The molecule has 1 unspecified atom stereocenters. The molecule has 0 heterocycles. The van der Waals surface area contributed by atoms with Gasteiger partial charge in [0, 0.05) is 5.69 Å². The molecule has 0 spiro atoms. The molecule has 0 aliphatic carbocycles. The Hall–Kier alpha value is -1.58. The number of carbonyl (C=O) groups is 1. The van der Waals surface area contributed by atoms with Crippen molar-refractivity contribution >= 4 is 11.7 Å². The standard InChI is InChI=1S/C14H20FNO2/c1-4-10(5-2)13(14(17)18-3)16-12-8-6-7-11(15)9-12/h6-10,13,16H,4-5H2,1-3H3. The Morgan fingerprint density at radius 1 is 1.39 bits per heavy atom. The lowest BCUT2D eigenvalue weighted by atomic mass is 9.94. The second-order valence-corrected chi connectivity index (χ2v) is 4.23. The van der Waals surface area contributed by atoms with E-state index >= 15 is 0 Å². The summed E-state index contributed by atoms with van der Waals surface area (Å²) in [5, 5.41) is 3.06. The Morgan fingerprint density at radius 3 is 2.56 bits per heavy atom. The Balaban J connectivity index is 2.87. The predicted molar refractivity (Wildman–Crippen MR) is 69.9 cm³/mol. The maximum atomic E-state index is 13.1. The minimum atomic E-state index is -0.438. The average molecular weight is 253 g/mol. The minimum Gasteiger partial charge on any atom is -0.467 e. The van der Waals surface area contributed by atoms with Crippen molar-refractivity contribution in [3.8, 4) is 0 Å². The van der Waals surface area contributed by atoms with Crippen LogP contribution in [0.4, 0.5) is 10.1 Å². The molecule has 1 rings (SSSR count). The van der Waals surface area contributed by atoms with Gasteiger partial charge in [0.15, 0.2) is 0 Å². The Kier molecular flexibility index (Phi) is 5.62. The zero-order valence-corrected chi connectivity index (χ0v) is 11.1. The van der Waals surface area contributed by atoms with E-state index in [-0.39, 0.29) is 17.7 Å². The molecule has 1 N–H and O–H groups in total. The molecule has 3 nitrogen and oxygen atoms in total. The second-order valence-electron chi connectivity index (χ2n) is 4.23. The van der Waals surface area contributed by atoms with Gasteiger partial charge < -0.3 is 10.1 Å². The van der Waals surface area contributed by atoms with E-state index in [1.165, 1.54) is 19.2 Å². The topological polar surface area (TPSA) is 38.3 Å². The molecule has 0 bridgehead atoms. The zero-order valence-electron chi connectivity index (χ0n) is 11.1. The van der Waals surface area contributed by atoms with Crippen LogP contribution < -0.4 is 5.32 Å². The molecular weight excluding hydrogens is 233 g/mol. The van der Waals surface area contributed by atoms with Crippen molar-refractivity contribution in [3.63, 3.8) is 0 Å². The Bertz CT molecular complexity index is 391. The highest BCUT2D eigenvalue weighted by atomic mass is 19.1. The van der Waals surface area contributed by atoms with E-state index in [9.17, 15) is 9.18 Å². The third kappa shape index (κ3) is 3.72. The van der Waals surface area contributed by atoms with Gasteiger partial charge in [-0.2, -0.15) is 0 Å². The van der Waals surface area contributed by atoms with Crippen molar-refractivity contribution in [3.05, 3.63) is 30.1 Å². The fourth-order valence-electron chi connectivity index (χ4n) is 2.01. The summed E-state index contributed by atoms with van der Waals surface area (Å²) in [6, 6.07) is 5.65. The number of ether oxygens (including phenoxy) is 1. The van der Waals surface area contributed by atoms with Gasteiger partial charge in [-0.1, -0.05) is 32.8 Å². The van der Waals surface area contributed by atoms with Crippen molar-refractivity contribution in [2.24, 2.45) is 5.92 Å². The molecule has 0 radical (unpaired) electrons. The SMILES string of the molecule is CCC(CC)C(Nc1cccc(F)c1)C(=O)OC. The number of benzene rings is 1. The number of methoxy groups -OCH3 is 1. The lowest BCUT2D eigenvalue weighted by molar-refractivity contribution is -0.142. The summed E-state index contributed by atoms with van der Waals surface area (Å²) in [4.78, 5) is 11.8. The number of halogens is 1. The molecule has 0 aliphatic heterocycles. The summed E-state index contributed by atoms with van der Waals surface area (Å²) in [5.41, 5.74) is 0.595. The lowest BCUT2D eigenvalue weighted by Gasteiger charge is -2.25. The van der Waals surface area contributed by atoms with Crippen LogP contribution in [0.3, 0.4) is 0 Å². The van der Waals surface area contributed by atoms with Crippen LogP contribution in [0, 0.1) is 11.7 Å². The highest BCUT2D eigenvalue weighted by molar-refractivity contribution is 5.79. The number of esters is 1. The van der Waals surface area contributed by atoms with E-state index in [1.807, 2.05) is 13.8 Å². The highest BCUT2D eigenvalue weighted by Gasteiger charge is 2.26. The summed E-state index contributed by atoms with van der Waals surface area (Å²) in [6.07, 6.45) is 1.72. The quantitative estimate of drug-likeness (QED) is 0.791. The molecule has 1 aromatic rings. The van der Waals surface area contributed by atoms with Crippen molar-refractivity contribution in [2.75, 3.05) is 12.4 Å². The van der Waals surface area contributed by atoms with Gasteiger partial charge in [-0.25, -0.2) is 9.18 Å². The molecule has 0 aromatic heterocycles. The molecule has 1 atom stereocenters. The molecule has 1 aromatic carbocycles. The van der Waals surface area contributed by atoms with Crippen LogP contribution in [0.25, 0.3) is 0 Å². The van der Waals surface area contributed by atoms with E-state index in [0.717, 1.165) is 12.8 Å². The maximum absolute atomic E-state index is 13.1. The molecule has 4 heteroatoms. The first-order valence-corrected chi connectivity index (χ1v) is 6.22. The van der Waals surface area contributed by atoms with Gasteiger partial charge in [-0.15, -0.1) is 0 Å². The predicted octanol–water partition coefficient (Wildman–Crippen LogP) is 3.22. The van der Waals surface area contributed by atoms with E-state index in [1.54, 1.807) is 12.1 Å². The smallest absolute Gasteiger partial charge is 0.328 e. The summed E-state index contributed by atoms with van der Waals surface area (Å²) in [7, 11) is 1.37. The van der Waals surface area contributed by atoms with Crippen molar-refractivity contribution in [2.45, 2.75) is 32.7 Å². The number of rotatable bonds is 6. The second kappa shape index (κ2) is 6.99. The molecule has 0 aliphatic rings. The third-order valence-corrected chi connectivity index (χ3v) is 3.12. The van der Waals surface area contributed by atoms with Gasteiger partial charge in [0.25, 0.3) is 0 Å². The van der Waals surface area contributed by atoms with E-state index in [4.69, 9.17) is 4.74 Å². The van der Waals surface area contributed by atoms with Crippen molar-refractivity contribution < 1.29 is 13.9 Å². The fraction of sp³-hybridized carbons (Fsp3) is 0.500. The number of hydrogen-bond donors (Lipinski definition) is 1. The fourth-order valence-corrected chi connectivity index (χ4v) is 2.01. The van der Waals surface area contributed by atoms with E-state index in [0.29, 0.717) is 5.69 Å². The lowest BCUT2D eigenvalue weighted by Crippen LogP contribution is -2.37. The van der Waals surface area contributed by atoms with Crippen molar-refractivity contribution in [1.29, 1.82) is 0 Å². The molecular formula is C14H20FNO2. The van der Waals surface area contributed by atoms with Crippen LogP contribution in [-0.2, 0) is 9.53 Å². The molecule has 100 valence electrons. The zero-order chi connectivity index (χ0) is 13.5. The van der Waals surface area contributed by atoms with Gasteiger partial charge in [-0.3, -0.25) is 0 Å². The number of hydrogen-bond acceptors (Lipinski definition) is 3. The molecule has 0 saturated heterocycles. The number of nitrogens with one attached hydrogen (secondary N) is 1. The highest BCUT2D eigenvalue weighted by Crippen LogP contribution is 2.20. The minimum absolute atomic E-state index is 0.167. The number of carbonyl (C=O) groups excluding carboxylic acids is 1. The molecule has 0 fully saturated rings. The summed E-state index contributed by atoms with van der Waals surface area (Å²) in [5.74, 6) is -0.471. The van der Waals surface area contributed by atoms with Crippen LogP contribution >= 0.6 is 0 Å². The Morgan fingerprint density at radius 2 is 2.06 bits per heavy atom. The summed E-state index contributed by atoms with van der Waals surface area (Å²) >= 11 is 0. The first-order valence-electron chi connectivity index (χ1n) is 6.22. The largest absolute Gasteiger partial charge is 0.467 e. The van der Waals surface area contributed by atoms with Crippen LogP contribution in [0.1, 0.15) is 26.7 Å². The monoisotopic (exact) mass is 253 g/mol. The normalized spacial score (nSPS) is 12.3. The third-order valence-electron chi connectivity index (χ3n) is 3.12. The van der Waals surface area contributed by atoms with Crippen molar-refractivity contribution in [1.82, 2.24) is 0 Å². The van der Waals surface area contributed by atoms with Crippen LogP contribution in [0.2, 0.25) is 0 Å². The van der Waals surface area contributed by atoms with Gasteiger partial charge in [-0.05, 0) is 24.1 Å². The first kappa shape index (κ1) is 14.5. The number of anilines is 1. The van der Waals surface area contributed by atoms with Crippen LogP contribution in [-0.4, -0.2) is 19.1 Å². The van der Waals surface area contributed by atoms with E-state index < -0.39 is 6.04 Å². The molecule has 0 saturated carbocycles. The molecule has 0 amide bonds.